The van der Waals surface area contributed by atoms with Gasteiger partial charge in [0.1, 0.15) is 0 Å². The molecule has 1 atom stereocenters. The lowest BCUT2D eigenvalue weighted by Crippen LogP contribution is -2.31. The van der Waals surface area contributed by atoms with Gasteiger partial charge in [0.05, 0.1) is 0 Å². The van der Waals surface area contributed by atoms with Crippen molar-refractivity contribution in [3.8, 4) is 0 Å². The van der Waals surface area contributed by atoms with E-state index in [0.29, 0.717) is 11.3 Å². The van der Waals surface area contributed by atoms with Crippen LogP contribution in [0.1, 0.15) is 21.5 Å². The molecule has 108 valence electrons. The lowest BCUT2D eigenvalue weighted by molar-refractivity contribution is -0.115. The molecule has 2 aromatic rings. The number of carbonyl (C=O) groups excluding carboxylic acids is 2. The van der Waals surface area contributed by atoms with E-state index in [4.69, 9.17) is 11.6 Å². The molecule has 4 heteroatoms. The molecule has 0 heterocycles. The second-order valence-electron chi connectivity index (χ2n) is 4.85. The van der Waals surface area contributed by atoms with E-state index in [-0.39, 0.29) is 0 Å². The molecule has 21 heavy (non-hydrogen) atoms. The number of halogens is 1. The van der Waals surface area contributed by atoms with Crippen molar-refractivity contribution in [2.75, 3.05) is 5.32 Å². The predicted molar refractivity (Wildman–Crippen MR) is 85.0 cm³/mol. The minimum absolute atomic E-state index is 0.402. The first kappa shape index (κ1) is 15.3. The Balaban J connectivity index is 2.15. The number of para-hydroxylation sites is 1. The molecular weight excluding hydrogens is 286 g/mol. The Morgan fingerprint density at radius 2 is 1.52 bits per heavy atom. The van der Waals surface area contributed by atoms with Crippen LogP contribution in [0, 0.1) is 13.8 Å². The molecule has 0 aliphatic heterocycles. The smallest absolute Gasteiger partial charge is 0.250 e. The number of aryl methyl sites for hydroxylation is 2. The van der Waals surface area contributed by atoms with Gasteiger partial charge in [-0.1, -0.05) is 48.5 Å². The summed E-state index contributed by atoms with van der Waals surface area (Å²) in [4.78, 5) is 24.3. The molecule has 3 nitrogen and oxygen atoms in total. The van der Waals surface area contributed by atoms with Gasteiger partial charge in [0, 0.05) is 11.3 Å². The number of hydrogen-bond acceptors (Lipinski definition) is 2. The van der Waals surface area contributed by atoms with Crippen molar-refractivity contribution >= 4 is 29.0 Å². The maximum Gasteiger partial charge on any atom is 0.250 e. The molecule has 0 aliphatic carbocycles. The summed E-state index contributed by atoms with van der Waals surface area (Å²) in [5.74, 6) is -0.913. The third kappa shape index (κ3) is 3.50. The van der Waals surface area contributed by atoms with Crippen molar-refractivity contribution in [3.63, 3.8) is 0 Å². The average molecular weight is 302 g/mol. The number of carbonyl (C=O) groups is 2. The Bertz CT molecular complexity index is 647. The summed E-state index contributed by atoms with van der Waals surface area (Å²) < 4.78 is 0. The normalized spacial score (nSPS) is 11.8. The van der Waals surface area contributed by atoms with E-state index in [1.165, 1.54) is 0 Å². The zero-order chi connectivity index (χ0) is 15.4. The van der Waals surface area contributed by atoms with Gasteiger partial charge in [0.25, 0.3) is 0 Å². The van der Waals surface area contributed by atoms with Crippen LogP contribution in [0.3, 0.4) is 0 Å². The number of rotatable bonds is 4. The molecule has 0 spiro atoms. The first-order valence-electron chi connectivity index (χ1n) is 6.61. The molecule has 0 aliphatic rings. The molecule has 2 rings (SSSR count). The summed E-state index contributed by atoms with van der Waals surface area (Å²) in [6, 6.07) is 14.3. The number of ketones is 1. The fourth-order valence-corrected chi connectivity index (χ4v) is 2.25. The number of Topliss-reactive ketones (excluding diaryl/α,β-unsaturated/α-hetero) is 1. The molecule has 1 N–H and O–H groups in total. The minimum atomic E-state index is -1.24. The van der Waals surface area contributed by atoms with E-state index in [0.717, 1.165) is 11.1 Å². The van der Waals surface area contributed by atoms with Crippen LogP contribution >= 0.6 is 11.6 Å². The predicted octanol–water partition coefficient (Wildman–Crippen LogP) is 3.73. The van der Waals surface area contributed by atoms with Gasteiger partial charge in [-0.2, -0.15) is 0 Å². The minimum Gasteiger partial charge on any atom is -0.324 e. The van der Waals surface area contributed by atoms with Gasteiger partial charge >= 0.3 is 0 Å². The Labute approximate surface area is 128 Å². The van der Waals surface area contributed by atoms with Gasteiger partial charge in [-0.3, -0.25) is 9.59 Å². The first-order chi connectivity index (χ1) is 10.0. The highest BCUT2D eigenvalue weighted by Gasteiger charge is 2.25. The molecule has 0 bridgehead atoms. The molecule has 2 aromatic carbocycles. The van der Waals surface area contributed by atoms with Gasteiger partial charge in [0.15, 0.2) is 11.2 Å². The molecule has 0 radical (unpaired) electrons. The Kier molecular flexibility index (Phi) is 4.76. The van der Waals surface area contributed by atoms with Crippen molar-refractivity contribution in [3.05, 3.63) is 65.2 Å². The summed E-state index contributed by atoms with van der Waals surface area (Å²) in [6.07, 6.45) is 0. The number of anilines is 1. The van der Waals surface area contributed by atoms with E-state index >= 15 is 0 Å². The molecular formula is C17H16ClNO2. The third-order valence-electron chi connectivity index (χ3n) is 3.25. The number of benzene rings is 2. The standard InChI is InChI=1S/C17H16ClNO2/c1-11-7-6-8-12(2)15(11)19-17(21)14(18)16(20)13-9-4-3-5-10-13/h3-10,14H,1-2H3,(H,19,21)/t14-/m0/s1. The van der Waals surface area contributed by atoms with E-state index in [9.17, 15) is 9.59 Å². The topological polar surface area (TPSA) is 46.2 Å². The summed E-state index contributed by atoms with van der Waals surface area (Å²) in [5, 5.41) is 1.49. The molecule has 0 aromatic heterocycles. The van der Waals surface area contributed by atoms with Gasteiger partial charge in [0.2, 0.25) is 5.91 Å². The van der Waals surface area contributed by atoms with Crippen LogP contribution in [-0.2, 0) is 4.79 Å². The summed E-state index contributed by atoms with van der Waals surface area (Å²) in [7, 11) is 0. The number of alkyl halides is 1. The van der Waals surface area contributed by atoms with Crippen molar-refractivity contribution < 1.29 is 9.59 Å². The van der Waals surface area contributed by atoms with Crippen LogP contribution in [0.25, 0.3) is 0 Å². The van der Waals surface area contributed by atoms with Crippen molar-refractivity contribution in [1.29, 1.82) is 0 Å². The van der Waals surface area contributed by atoms with Gasteiger partial charge < -0.3 is 5.32 Å². The van der Waals surface area contributed by atoms with Crippen LogP contribution in [0.15, 0.2) is 48.5 Å². The van der Waals surface area contributed by atoms with Crippen LogP contribution in [-0.4, -0.2) is 17.1 Å². The average Bonchev–Trinajstić information content (AvgIpc) is 2.50. The lowest BCUT2D eigenvalue weighted by Gasteiger charge is -2.14. The number of amides is 1. The second-order valence-corrected chi connectivity index (χ2v) is 5.29. The number of nitrogens with one attached hydrogen (secondary N) is 1. The van der Waals surface area contributed by atoms with Crippen LogP contribution in [0.4, 0.5) is 5.69 Å². The van der Waals surface area contributed by atoms with Gasteiger partial charge in [-0.05, 0) is 25.0 Å². The molecule has 0 fully saturated rings. The maximum atomic E-state index is 12.2. The van der Waals surface area contributed by atoms with Crippen LogP contribution in [0.5, 0.6) is 0 Å². The number of hydrogen-bond donors (Lipinski definition) is 1. The summed E-state index contributed by atoms with van der Waals surface area (Å²) in [5.41, 5.74) is 2.99. The Morgan fingerprint density at radius 1 is 0.952 bits per heavy atom. The third-order valence-corrected chi connectivity index (χ3v) is 3.64. The monoisotopic (exact) mass is 301 g/mol. The first-order valence-corrected chi connectivity index (χ1v) is 7.04. The zero-order valence-electron chi connectivity index (χ0n) is 11.9. The highest BCUT2D eigenvalue weighted by atomic mass is 35.5. The zero-order valence-corrected chi connectivity index (χ0v) is 12.6. The molecule has 1 amide bonds. The van der Waals surface area contributed by atoms with Gasteiger partial charge in [-0.25, -0.2) is 0 Å². The van der Waals surface area contributed by atoms with E-state index in [1.54, 1.807) is 30.3 Å². The second kappa shape index (κ2) is 6.55. The van der Waals surface area contributed by atoms with Crippen LogP contribution in [0.2, 0.25) is 0 Å². The van der Waals surface area contributed by atoms with E-state index < -0.39 is 17.1 Å². The molecule has 0 saturated carbocycles. The fraction of sp³-hybridized carbons (Fsp3) is 0.176. The maximum absolute atomic E-state index is 12.2. The van der Waals surface area contributed by atoms with Crippen molar-refractivity contribution in [2.45, 2.75) is 19.2 Å². The van der Waals surface area contributed by atoms with Gasteiger partial charge in [-0.15, -0.1) is 11.6 Å². The SMILES string of the molecule is Cc1cccc(C)c1NC(=O)[C@@H](Cl)C(=O)c1ccccc1. The van der Waals surface area contributed by atoms with Crippen molar-refractivity contribution in [1.82, 2.24) is 0 Å². The lowest BCUT2D eigenvalue weighted by atomic mass is 10.1. The van der Waals surface area contributed by atoms with Crippen LogP contribution < -0.4 is 5.32 Å². The highest BCUT2D eigenvalue weighted by Crippen LogP contribution is 2.20. The van der Waals surface area contributed by atoms with E-state index in [2.05, 4.69) is 5.32 Å². The Hall–Kier alpha value is -2.13. The quantitative estimate of drug-likeness (QED) is 0.531. The van der Waals surface area contributed by atoms with E-state index in [1.807, 2.05) is 32.0 Å². The largest absolute Gasteiger partial charge is 0.324 e. The Morgan fingerprint density at radius 3 is 2.10 bits per heavy atom. The molecule has 0 unspecified atom stereocenters. The fourth-order valence-electron chi connectivity index (χ4n) is 2.07. The summed E-state index contributed by atoms with van der Waals surface area (Å²) >= 11 is 6.01. The van der Waals surface area contributed by atoms with Crippen molar-refractivity contribution in [2.24, 2.45) is 0 Å². The molecule has 0 saturated heterocycles. The highest BCUT2D eigenvalue weighted by molar-refractivity contribution is 6.45. The summed E-state index contributed by atoms with van der Waals surface area (Å²) in [6.45, 7) is 3.79.